The fourth-order valence-corrected chi connectivity index (χ4v) is 3.05. The smallest absolute Gasteiger partial charge is 0.176 e. The summed E-state index contributed by atoms with van der Waals surface area (Å²) >= 11 is 0. The van der Waals surface area contributed by atoms with Crippen molar-refractivity contribution in [3.63, 3.8) is 0 Å². The zero-order valence-electron chi connectivity index (χ0n) is 13.8. The van der Waals surface area contributed by atoms with Crippen LogP contribution in [0.3, 0.4) is 0 Å². The van der Waals surface area contributed by atoms with E-state index in [1.54, 1.807) is 0 Å². The van der Waals surface area contributed by atoms with Crippen LogP contribution in [0.15, 0.2) is 0 Å². The van der Waals surface area contributed by atoms with Gasteiger partial charge >= 0.3 is 0 Å². The highest BCUT2D eigenvalue weighted by Gasteiger charge is 2.38. The summed E-state index contributed by atoms with van der Waals surface area (Å²) in [6.45, 7) is 7.73. The van der Waals surface area contributed by atoms with E-state index >= 15 is 0 Å². The third-order valence-electron chi connectivity index (χ3n) is 4.34. The van der Waals surface area contributed by atoms with Gasteiger partial charge in [-0.15, -0.1) is 10.2 Å². The maximum atomic E-state index is 4.34. The average molecular weight is 282 g/mol. The lowest BCUT2D eigenvalue weighted by Crippen LogP contribution is -2.59. The van der Waals surface area contributed by atoms with E-state index < -0.39 is 0 Å². The Labute approximate surface area is 122 Å². The molecule has 1 unspecified atom stereocenters. The van der Waals surface area contributed by atoms with Gasteiger partial charge in [-0.2, -0.15) is 4.80 Å². The van der Waals surface area contributed by atoms with E-state index in [1.165, 1.54) is 4.80 Å². The van der Waals surface area contributed by atoms with Crippen LogP contribution in [0.4, 0.5) is 0 Å². The standard InChI is InChI=1S/C14H30N6/c1-7-10-15-12(11-13-16-18-20(6)17-13)14(8-2,9-3)19(4)5/h12,15H,7-11H2,1-6H3. The zero-order valence-corrected chi connectivity index (χ0v) is 13.8. The van der Waals surface area contributed by atoms with Crippen molar-refractivity contribution in [2.45, 2.75) is 58.0 Å². The molecule has 0 aliphatic rings. The van der Waals surface area contributed by atoms with Crippen LogP contribution in [0.5, 0.6) is 0 Å². The Bertz CT molecular complexity index is 383. The summed E-state index contributed by atoms with van der Waals surface area (Å²) in [5.74, 6) is 0.814. The van der Waals surface area contributed by atoms with Crippen LogP contribution < -0.4 is 5.32 Å². The van der Waals surface area contributed by atoms with E-state index in [2.05, 4.69) is 60.5 Å². The lowest BCUT2D eigenvalue weighted by atomic mass is 9.81. The van der Waals surface area contributed by atoms with Crippen LogP contribution in [0.1, 0.15) is 45.9 Å². The third kappa shape index (κ3) is 3.76. The van der Waals surface area contributed by atoms with Gasteiger partial charge < -0.3 is 10.2 Å². The number of rotatable bonds is 9. The first-order valence-electron chi connectivity index (χ1n) is 7.63. The van der Waals surface area contributed by atoms with E-state index in [-0.39, 0.29) is 5.54 Å². The van der Waals surface area contributed by atoms with E-state index in [1.807, 2.05) is 7.05 Å². The van der Waals surface area contributed by atoms with Crippen molar-refractivity contribution in [3.8, 4) is 0 Å². The predicted molar refractivity (Wildman–Crippen MR) is 81.6 cm³/mol. The zero-order chi connectivity index (χ0) is 15.2. The molecular formula is C14H30N6. The Balaban J connectivity index is 2.96. The minimum atomic E-state index is 0.119. The molecule has 6 nitrogen and oxygen atoms in total. The number of aromatic nitrogens is 4. The summed E-state index contributed by atoms with van der Waals surface area (Å²) in [4.78, 5) is 3.87. The molecular weight excluding hydrogens is 252 g/mol. The first kappa shape index (κ1) is 17.0. The molecule has 0 saturated heterocycles. The number of tetrazole rings is 1. The number of hydrogen-bond donors (Lipinski definition) is 1. The van der Waals surface area contributed by atoms with Gasteiger partial charge in [0.05, 0.1) is 7.05 Å². The quantitative estimate of drug-likeness (QED) is 0.738. The maximum absolute atomic E-state index is 4.34. The van der Waals surface area contributed by atoms with Crippen LogP contribution in [0.25, 0.3) is 0 Å². The molecule has 0 fully saturated rings. The third-order valence-corrected chi connectivity index (χ3v) is 4.34. The molecule has 1 rings (SSSR count). The predicted octanol–water partition coefficient (Wildman–Crippen LogP) is 1.24. The summed E-state index contributed by atoms with van der Waals surface area (Å²) < 4.78 is 0. The molecule has 1 atom stereocenters. The van der Waals surface area contributed by atoms with Crippen LogP contribution in [0, 0.1) is 0 Å². The topological polar surface area (TPSA) is 58.9 Å². The molecule has 0 saturated carbocycles. The molecule has 116 valence electrons. The van der Waals surface area contributed by atoms with Gasteiger partial charge in [0.25, 0.3) is 0 Å². The SMILES string of the molecule is CCCNC(Cc1nnn(C)n1)C(CC)(CC)N(C)C. The highest BCUT2D eigenvalue weighted by Crippen LogP contribution is 2.27. The highest BCUT2D eigenvalue weighted by molar-refractivity contribution is 5.01. The summed E-state index contributed by atoms with van der Waals surface area (Å²) in [6, 6.07) is 0.330. The van der Waals surface area contributed by atoms with Crippen molar-refractivity contribution in [2.75, 3.05) is 20.6 Å². The second-order valence-corrected chi connectivity index (χ2v) is 5.61. The first-order valence-corrected chi connectivity index (χ1v) is 7.63. The Kier molecular flexibility index (Phi) is 6.55. The van der Waals surface area contributed by atoms with E-state index in [9.17, 15) is 0 Å². The molecule has 1 aromatic rings. The Morgan fingerprint density at radius 1 is 1.25 bits per heavy atom. The van der Waals surface area contributed by atoms with Gasteiger partial charge in [-0.1, -0.05) is 20.8 Å². The molecule has 20 heavy (non-hydrogen) atoms. The summed E-state index contributed by atoms with van der Waals surface area (Å²) in [5, 5.41) is 16.1. The summed E-state index contributed by atoms with van der Waals surface area (Å²) in [7, 11) is 6.14. The normalized spacial score (nSPS) is 13.9. The van der Waals surface area contributed by atoms with Crippen molar-refractivity contribution >= 4 is 0 Å². The molecule has 1 N–H and O–H groups in total. The molecule has 0 spiro atoms. The van der Waals surface area contributed by atoms with Crippen LogP contribution in [-0.2, 0) is 13.5 Å². The second kappa shape index (κ2) is 7.69. The monoisotopic (exact) mass is 282 g/mol. The number of nitrogens with zero attached hydrogens (tertiary/aromatic N) is 5. The van der Waals surface area contributed by atoms with E-state index in [0.717, 1.165) is 38.1 Å². The number of nitrogens with one attached hydrogen (secondary N) is 1. The molecule has 0 aliphatic carbocycles. The van der Waals surface area contributed by atoms with Crippen molar-refractivity contribution in [3.05, 3.63) is 5.82 Å². The van der Waals surface area contributed by atoms with Gasteiger partial charge in [-0.3, -0.25) is 0 Å². The van der Waals surface area contributed by atoms with Crippen molar-refractivity contribution < 1.29 is 0 Å². The van der Waals surface area contributed by atoms with Gasteiger partial charge in [0, 0.05) is 18.0 Å². The second-order valence-electron chi connectivity index (χ2n) is 5.61. The molecule has 0 aliphatic heterocycles. The highest BCUT2D eigenvalue weighted by atomic mass is 15.6. The number of hydrogen-bond acceptors (Lipinski definition) is 5. The molecule has 1 heterocycles. The van der Waals surface area contributed by atoms with Gasteiger partial charge in [-0.05, 0) is 45.1 Å². The Morgan fingerprint density at radius 3 is 2.30 bits per heavy atom. The fraction of sp³-hybridized carbons (Fsp3) is 0.929. The van der Waals surface area contributed by atoms with Gasteiger partial charge in [0.2, 0.25) is 0 Å². The van der Waals surface area contributed by atoms with Gasteiger partial charge in [0.1, 0.15) is 0 Å². The van der Waals surface area contributed by atoms with Gasteiger partial charge in [-0.25, -0.2) is 0 Å². The van der Waals surface area contributed by atoms with Gasteiger partial charge in [0.15, 0.2) is 5.82 Å². The molecule has 0 aromatic carbocycles. The maximum Gasteiger partial charge on any atom is 0.176 e. The number of aryl methyl sites for hydroxylation is 1. The summed E-state index contributed by atoms with van der Waals surface area (Å²) in [5.41, 5.74) is 0.119. The Morgan fingerprint density at radius 2 is 1.90 bits per heavy atom. The lowest BCUT2D eigenvalue weighted by molar-refractivity contribution is 0.0872. The molecule has 6 heteroatoms. The van der Waals surface area contributed by atoms with Crippen molar-refractivity contribution in [1.82, 2.24) is 30.4 Å². The molecule has 0 radical (unpaired) electrons. The minimum Gasteiger partial charge on any atom is -0.312 e. The van der Waals surface area contributed by atoms with Crippen LogP contribution >= 0.6 is 0 Å². The average Bonchev–Trinajstić information content (AvgIpc) is 2.82. The van der Waals surface area contributed by atoms with E-state index in [4.69, 9.17) is 0 Å². The number of likely N-dealkylation sites (N-methyl/N-ethyl adjacent to an activating group) is 1. The minimum absolute atomic E-state index is 0.119. The summed E-state index contributed by atoms with van der Waals surface area (Å²) in [6.07, 6.45) is 4.13. The van der Waals surface area contributed by atoms with E-state index in [0.29, 0.717) is 6.04 Å². The Hall–Kier alpha value is -1.01. The van der Waals surface area contributed by atoms with Crippen LogP contribution in [-0.4, -0.2) is 57.3 Å². The first-order chi connectivity index (χ1) is 9.50. The largest absolute Gasteiger partial charge is 0.312 e. The molecule has 1 aromatic heterocycles. The fourth-order valence-electron chi connectivity index (χ4n) is 3.05. The molecule has 0 amide bonds. The van der Waals surface area contributed by atoms with Crippen molar-refractivity contribution in [1.29, 1.82) is 0 Å². The van der Waals surface area contributed by atoms with Crippen molar-refractivity contribution in [2.24, 2.45) is 7.05 Å². The lowest BCUT2D eigenvalue weighted by Gasteiger charge is -2.45. The van der Waals surface area contributed by atoms with Crippen LogP contribution in [0.2, 0.25) is 0 Å². The molecule has 0 bridgehead atoms.